The van der Waals surface area contributed by atoms with Gasteiger partial charge in [0.2, 0.25) is 5.78 Å². The van der Waals surface area contributed by atoms with E-state index in [1.807, 2.05) is 42.5 Å². The van der Waals surface area contributed by atoms with Crippen molar-refractivity contribution < 1.29 is 19.5 Å². The summed E-state index contributed by atoms with van der Waals surface area (Å²) in [6, 6.07) is 15.3. The summed E-state index contributed by atoms with van der Waals surface area (Å²) < 4.78 is 0. The lowest BCUT2D eigenvalue weighted by Gasteiger charge is -2.18. The Bertz CT molecular complexity index is 766. The number of ketones is 2. The van der Waals surface area contributed by atoms with Gasteiger partial charge in [-0.05, 0) is 29.7 Å². The van der Waals surface area contributed by atoms with Gasteiger partial charge in [0.15, 0.2) is 5.78 Å². The molecule has 0 spiro atoms. The molecule has 0 atom stereocenters. The van der Waals surface area contributed by atoms with Crippen molar-refractivity contribution in [1.82, 2.24) is 0 Å². The normalized spacial score (nSPS) is 10.2. The van der Waals surface area contributed by atoms with Crippen LogP contribution in [-0.2, 0) is 16.0 Å². The Balaban J connectivity index is 2.32. The number of rotatable bonds is 7. The molecule has 0 aliphatic heterocycles. The van der Waals surface area contributed by atoms with Crippen LogP contribution in [0.1, 0.15) is 27.9 Å². The maximum Gasteiger partial charge on any atom is 0.372 e. The Morgan fingerprint density at radius 1 is 0.958 bits per heavy atom. The first-order valence-corrected chi connectivity index (χ1v) is 7.52. The second-order valence-electron chi connectivity index (χ2n) is 5.74. The third-order valence-corrected chi connectivity index (χ3v) is 3.65. The molecule has 5 nitrogen and oxygen atoms in total. The number of carboxylic acid groups (broad SMARTS) is 1. The molecule has 0 unspecified atom stereocenters. The largest absolute Gasteiger partial charge is 0.475 e. The fraction of sp³-hybridized carbons (Fsp3) is 0.211. The number of hydrogen-bond acceptors (Lipinski definition) is 4. The molecule has 124 valence electrons. The summed E-state index contributed by atoms with van der Waals surface area (Å²) in [4.78, 5) is 36.2. The van der Waals surface area contributed by atoms with Crippen molar-refractivity contribution in [3.63, 3.8) is 0 Å². The first-order valence-electron chi connectivity index (χ1n) is 7.52. The molecule has 0 aromatic heterocycles. The van der Waals surface area contributed by atoms with Crippen LogP contribution in [0.3, 0.4) is 0 Å². The number of carbonyl (C=O) groups excluding carboxylic acids is 2. The van der Waals surface area contributed by atoms with Crippen LogP contribution in [0.25, 0.3) is 0 Å². The molecule has 2 aromatic carbocycles. The SMILES string of the molecule is CN(C)c1ccc(Cc2ccccc2)cc1C(=O)CC(=O)C(=O)O. The Morgan fingerprint density at radius 2 is 1.62 bits per heavy atom. The Labute approximate surface area is 140 Å². The number of benzene rings is 2. The van der Waals surface area contributed by atoms with Gasteiger partial charge >= 0.3 is 5.97 Å². The van der Waals surface area contributed by atoms with Crippen LogP contribution in [0.5, 0.6) is 0 Å². The van der Waals surface area contributed by atoms with E-state index in [1.54, 1.807) is 25.1 Å². The number of aliphatic carboxylic acids is 1. The second kappa shape index (κ2) is 7.55. The molecule has 0 aliphatic rings. The minimum atomic E-state index is -1.59. The molecule has 0 fully saturated rings. The third-order valence-electron chi connectivity index (χ3n) is 3.65. The van der Waals surface area contributed by atoms with Gasteiger partial charge in [0.1, 0.15) is 0 Å². The van der Waals surface area contributed by atoms with Crippen molar-refractivity contribution in [3.8, 4) is 0 Å². The lowest BCUT2D eigenvalue weighted by molar-refractivity contribution is -0.148. The molecule has 0 heterocycles. The number of carbonyl (C=O) groups is 3. The van der Waals surface area contributed by atoms with E-state index in [-0.39, 0.29) is 0 Å². The molecule has 0 radical (unpaired) electrons. The maximum absolute atomic E-state index is 12.4. The molecule has 2 aromatic rings. The zero-order valence-electron chi connectivity index (χ0n) is 13.7. The average Bonchev–Trinajstić information content (AvgIpc) is 2.55. The van der Waals surface area contributed by atoms with Gasteiger partial charge in [-0.15, -0.1) is 0 Å². The predicted octanol–water partition coefficient (Wildman–Crippen LogP) is 2.57. The van der Waals surface area contributed by atoms with E-state index in [4.69, 9.17) is 5.11 Å². The van der Waals surface area contributed by atoms with Crippen LogP contribution in [0.4, 0.5) is 5.69 Å². The van der Waals surface area contributed by atoms with E-state index in [1.165, 1.54) is 0 Å². The monoisotopic (exact) mass is 325 g/mol. The lowest BCUT2D eigenvalue weighted by atomic mass is 9.97. The van der Waals surface area contributed by atoms with Gasteiger partial charge in [-0.1, -0.05) is 36.4 Å². The van der Waals surface area contributed by atoms with Crippen molar-refractivity contribution >= 4 is 23.2 Å². The zero-order valence-corrected chi connectivity index (χ0v) is 13.7. The summed E-state index contributed by atoms with van der Waals surface area (Å²) in [6.07, 6.45) is 0.0205. The Hall–Kier alpha value is -2.95. The van der Waals surface area contributed by atoms with Crippen LogP contribution < -0.4 is 4.90 Å². The van der Waals surface area contributed by atoms with Crippen molar-refractivity contribution in [2.75, 3.05) is 19.0 Å². The van der Waals surface area contributed by atoms with Gasteiger partial charge in [-0.2, -0.15) is 0 Å². The van der Waals surface area contributed by atoms with Gasteiger partial charge in [-0.25, -0.2) is 4.79 Å². The van der Waals surface area contributed by atoms with Crippen LogP contribution >= 0.6 is 0 Å². The molecule has 5 heteroatoms. The summed E-state index contributed by atoms with van der Waals surface area (Å²) in [5.74, 6) is -3.17. The summed E-state index contributed by atoms with van der Waals surface area (Å²) in [6.45, 7) is 0. The fourth-order valence-electron chi connectivity index (χ4n) is 2.45. The standard InChI is InChI=1S/C19H19NO4/c1-20(2)16-9-8-14(10-13-6-4-3-5-7-13)11-15(16)17(21)12-18(22)19(23)24/h3-9,11H,10,12H2,1-2H3,(H,23,24). The van der Waals surface area contributed by atoms with Gasteiger partial charge in [-0.3, -0.25) is 9.59 Å². The third kappa shape index (κ3) is 4.29. The maximum atomic E-state index is 12.4. The molecule has 0 aliphatic carbocycles. The minimum Gasteiger partial charge on any atom is -0.475 e. The topological polar surface area (TPSA) is 74.7 Å². The lowest BCUT2D eigenvalue weighted by Crippen LogP contribution is -2.20. The van der Waals surface area contributed by atoms with E-state index in [9.17, 15) is 14.4 Å². The Kier molecular flexibility index (Phi) is 5.47. The smallest absolute Gasteiger partial charge is 0.372 e. The number of anilines is 1. The van der Waals surface area contributed by atoms with Crippen molar-refractivity contribution in [2.24, 2.45) is 0 Å². The molecule has 1 N–H and O–H groups in total. The predicted molar refractivity (Wildman–Crippen MR) is 91.6 cm³/mol. The highest BCUT2D eigenvalue weighted by molar-refractivity contribution is 6.37. The van der Waals surface area contributed by atoms with E-state index in [0.29, 0.717) is 17.7 Å². The van der Waals surface area contributed by atoms with E-state index in [0.717, 1.165) is 11.1 Å². The van der Waals surface area contributed by atoms with Crippen LogP contribution in [0.15, 0.2) is 48.5 Å². The molecule has 0 amide bonds. The molecule has 24 heavy (non-hydrogen) atoms. The van der Waals surface area contributed by atoms with Crippen LogP contribution in [-0.4, -0.2) is 36.7 Å². The summed E-state index contributed by atoms with van der Waals surface area (Å²) in [5.41, 5.74) is 3.06. The first kappa shape index (κ1) is 17.4. The van der Waals surface area contributed by atoms with Gasteiger partial charge in [0, 0.05) is 25.3 Å². The fourth-order valence-corrected chi connectivity index (χ4v) is 2.45. The molecule has 2 rings (SSSR count). The Morgan fingerprint density at radius 3 is 2.21 bits per heavy atom. The summed E-state index contributed by atoms with van der Waals surface area (Å²) in [5, 5.41) is 8.69. The van der Waals surface area contributed by atoms with Crippen molar-refractivity contribution in [1.29, 1.82) is 0 Å². The molecule has 0 saturated heterocycles. The highest BCUT2D eigenvalue weighted by Gasteiger charge is 2.21. The highest BCUT2D eigenvalue weighted by Crippen LogP contribution is 2.23. The van der Waals surface area contributed by atoms with E-state index < -0.39 is 24.0 Å². The first-order chi connectivity index (χ1) is 11.4. The van der Waals surface area contributed by atoms with Crippen LogP contribution in [0, 0.1) is 0 Å². The van der Waals surface area contributed by atoms with E-state index >= 15 is 0 Å². The summed E-state index contributed by atoms with van der Waals surface area (Å²) >= 11 is 0. The van der Waals surface area contributed by atoms with Crippen molar-refractivity contribution in [2.45, 2.75) is 12.8 Å². The molecule has 0 saturated carbocycles. The quantitative estimate of drug-likeness (QED) is 0.481. The van der Waals surface area contributed by atoms with Gasteiger partial charge < -0.3 is 10.0 Å². The van der Waals surface area contributed by atoms with E-state index in [2.05, 4.69) is 0 Å². The summed E-state index contributed by atoms with van der Waals surface area (Å²) in [7, 11) is 3.59. The number of hydrogen-bond donors (Lipinski definition) is 1. The zero-order chi connectivity index (χ0) is 17.7. The minimum absolute atomic E-state index is 0.364. The highest BCUT2D eigenvalue weighted by atomic mass is 16.4. The molecular formula is C19H19NO4. The average molecular weight is 325 g/mol. The van der Waals surface area contributed by atoms with Crippen LogP contribution in [0.2, 0.25) is 0 Å². The second-order valence-corrected chi connectivity index (χ2v) is 5.74. The molecule has 0 bridgehead atoms. The van der Waals surface area contributed by atoms with Crippen molar-refractivity contribution in [3.05, 3.63) is 65.2 Å². The number of Topliss-reactive ketones (excluding diaryl/α,β-unsaturated/α-hetero) is 2. The molecular weight excluding hydrogens is 306 g/mol. The van der Waals surface area contributed by atoms with Gasteiger partial charge in [0.25, 0.3) is 0 Å². The number of nitrogens with zero attached hydrogens (tertiary/aromatic N) is 1. The number of carboxylic acids is 1. The van der Waals surface area contributed by atoms with Gasteiger partial charge in [0.05, 0.1) is 6.42 Å².